The van der Waals surface area contributed by atoms with Crippen LogP contribution in [0.25, 0.3) is 0 Å². The van der Waals surface area contributed by atoms with E-state index in [-0.39, 0.29) is 42.4 Å². The number of carbonyl (C=O) groups is 2. The number of benzene rings is 3. The van der Waals surface area contributed by atoms with Gasteiger partial charge in [0.1, 0.15) is 22.5 Å². The first-order valence-corrected chi connectivity index (χ1v) is 12.6. The monoisotopic (exact) mass is 521 g/mol. The molecule has 3 aromatic carbocycles. The maximum atomic E-state index is 14.4. The summed E-state index contributed by atoms with van der Waals surface area (Å²) in [6.45, 7) is 2.76. The predicted octanol–water partition coefficient (Wildman–Crippen LogP) is 5.11. The molecule has 0 aromatic heterocycles. The second kappa shape index (κ2) is 10.9. The van der Waals surface area contributed by atoms with Crippen LogP contribution in [0.3, 0.4) is 0 Å². The number of nitrogens with one attached hydrogen (secondary N) is 1. The van der Waals surface area contributed by atoms with Crippen LogP contribution in [0, 0.1) is 5.82 Å². The van der Waals surface area contributed by atoms with Gasteiger partial charge in [-0.1, -0.05) is 30.0 Å². The smallest absolute Gasteiger partial charge is 0.238 e. The Morgan fingerprint density at radius 3 is 2.70 bits per heavy atom. The van der Waals surface area contributed by atoms with E-state index in [0.717, 1.165) is 17.3 Å². The van der Waals surface area contributed by atoms with Gasteiger partial charge in [0.15, 0.2) is 16.7 Å². The van der Waals surface area contributed by atoms with Gasteiger partial charge in [-0.05, 0) is 61.0 Å². The molecule has 10 heteroatoms. The number of fused-ring (bicyclic) bond motifs is 1. The van der Waals surface area contributed by atoms with E-state index in [1.54, 1.807) is 48.5 Å². The summed E-state index contributed by atoms with van der Waals surface area (Å²) in [7, 11) is 0. The van der Waals surface area contributed by atoms with Crippen LogP contribution in [0.4, 0.5) is 15.8 Å². The van der Waals surface area contributed by atoms with E-state index < -0.39 is 11.1 Å². The number of amidine groups is 1. The van der Waals surface area contributed by atoms with Gasteiger partial charge in [-0.2, -0.15) is 0 Å². The van der Waals surface area contributed by atoms with Crippen molar-refractivity contribution in [3.8, 4) is 17.2 Å². The quantitative estimate of drug-likeness (QED) is 0.465. The predicted molar refractivity (Wildman–Crippen MR) is 139 cm³/mol. The van der Waals surface area contributed by atoms with Crippen molar-refractivity contribution >= 4 is 40.1 Å². The zero-order valence-corrected chi connectivity index (χ0v) is 20.8. The molecule has 2 aliphatic rings. The summed E-state index contributed by atoms with van der Waals surface area (Å²) < 4.78 is 30.7. The molecule has 2 amide bonds. The molecular formula is C27H24FN3O5S. The highest BCUT2D eigenvalue weighted by Gasteiger charge is 2.36. The molecule has 0 bridgehead atoms. The van der Waals surface area contributed by atoms with Crippen molar-refractivity contribution < 1.29 is 28.2 Å². The van der Waals surface area contributed by atoms with Crippen molar-refractivity contribution in [1.29, 1.82) is 0 Å². The van der Waals surface area contributed by atoms with Gasteiger partial charge < -0.3 is 19.5 Å². The van der Waals surface area contributed by atoms with E-state index in [0.29, 0.717) is 29.5 Å². The fourth-order valence-corrected chi connectivity index (χ4v) is 4.98. The van der Waals surface area contributed by atoms with E-state index in [4.69, 9.17) is 14.2 Å². The molecular weight excluding hydrogens is 497 g/mol. The molecule has 1 saturated heterocycles. The lowest BCUT2D eigenvalue weighted by Crippen LogP contribution is -2.44. The first kappa shape index (κ1) is 24.6. The Morgan fingerprint density at radius 2 is 1.92 bits per heavy atom. The number of thioether (sulfide) groups is 1. The van der Waals surface area contributed by atoms with Gasteiger partial charge in [-0.3, -0.25) is 14.5 Å². The number of hydrogen-bond acceptors (Lipinski definition) is 7. The van der Waals surface area contributed by atoms with E-state index in [1.165, 1.54) is 17.0 Å². The molecule has 37 heavy (non-hydrogen) atoms. The van der Waals surface area contributed by atoms with Crippen LogP contribution in [0.15, 0.2) is 71.7 Å². The van der Waals surface area contributed by atoms with Gasteiger partial charge in [0.05, 0.1) is 13.2 Å². The Labute approximate surface area is 217 Å². The average Bonchev–Trinajstić information content (AvgIpc) is 3.36. The second-order valence-electron chi connectivity index (χ2n) is 8.27. The SMILES string of the molecule is CCOc1ccc(NC(=O)[C@@H]2CC(=O)N(Cc3ccc4c(c3)OCO4)C(=Nc3ccccc3F)S2)cc1. The molecule has 0 aliphatic carbocycles. The van der Waals surface area contributed by atoms with Gasteiger partial charge in [0.2, 0.25) is 18.6 Å². The van der Waals surface area contributed by atoms with E-state index >= 15 is 0 Å². The molecule has 0 radical (unpaired) electrons. The molecule has 8 nitrogen and oxygen atoms in total. The number of hydrogen-bond donors (Lipinski definition) is 1. The highest BCUT2D eigenvalue weighted by molar-refractivity contribution is 8.15. The number of carbonyl (C=O) groups excluding carboxylic acids is 2. The van der Waals surface area contributed by atoms with Crippen LogP contribution in [0.1, 0.15) is 18.9 Å². The fraction of sp³-hybridized carbons (Fsp3) is 0.222. The van der Waals surface area contributed by atoms with Crippen LogP contribution in [0.5, 0.6) is 17.2 Å². The third-order valence-electron chi connectivity index (χ3n) is 5.71. The van der Waals surface area contributed by atoms with Crippen LogP contribution >= 0.6 is 11.8 Å². The maximum absolute atomic E-state index is 14.4. The van der Waals surface area contributed by atoms with E-state index in [2.05, 4.69) is 10.3 Å². The Bertz CT molecular complexity index is 1350. The number of aliphatic imine (C=N–C) groups is 1. The van der Waals surface area contributed by atoms with Crippen LogP contribution in [0.2, 0.25) is 0 Å². The highest BCUT2D eigenvalue weighted by atomic mass is 32.2. The fourth-order valence-electron chi connectivity index (χ4n) is 3.89. The number of para-hydroxylation sites is 1. The summed E-state index contributed by atoms with van der Waals surface area (Å²) in [5.74, 6) is 0.766. The minimum atomic E-state index is -0.738. The largest absolute Gasteiger partial charge is 0.494 e. The van der Waals surface area contributed by atoms with Crippen molar-refractivity contribution in [1.82, 2.24) is 4.90 Å². The standard InChI is InChI=1S/C27H24FN3O5S/c1-2-34-19-10-8-18(9-11-19)29-26(33)24-14-25(32)31(15-17-7-12-22-23(13-17)36-16-35-22)27(37-24)30-21-6-4-3-5-20(21)28/h3-13,24H,2,14-16H2,1H3,(H,29,33)/t24-/m0/s1. The summed E-state index contributed by atoms with van der Waals surface area (Å²) >= 11 is 1.13. The summed E-state index contributed by atoms with van der Waals surface area (Å²) in [6, 6.07) is 18.4. The van der Waals surface area contributed by atoms with Crippen molar-refractivity contribution in [2.75, 3.05) is 18.7 Å². The van der Waals surface area contributed by atoms with Crippen LogP contribution in [-0.4, -0.2) is 40.5 Å². The Hall–Kier alpha value is -4.05. The summed E-state index contributed by atoms with van der Waals surface area (Å²) in [5.41, 5.74) is 1.45. The molecule has 5 rings (SSSR count). The Kier molecular flexibility index (Phi) is 7.27. The molecule has 2 heterocycles. The summed E-state index contributed by atoms with van der Waals surface area (Å²) in [5, 5.41) is 2.35. The summed E-state index contributed by atoms with van der Waals surface area (Å²) in [6.07, 6.45) is -0.0334. The second-order valence-corrected chi connectivity index (χ2v) is 9.44. The normalized spacial score (nSPS) is 17.7. The maximum Gasteiger partial charge on any atom is 0.238 e. The topological polar surface area (TPSA) is 89.5 Å². The molecule has 1 atom stereocenters. The van der Waals surface area contributed by atoms with E-state index in [9.17, 15) is 14.0 Å². The molecule has 3 aromatic rings. The number of amides is 2. The van der Waals surface area contributed by atoms with Gasteiger partial charge in [0, 0.05) is 12.1 Å². The third kappa shape index (κ3) is 5.69. The van der Waals surface area contributed by atoms with Gasteiger partial charge in [-0.15, -0.1) is 0 Å². The van der Waals surface area contributed by atoms with Crippen LogP contribution < -0.4 is 19.5 Å². The average molecular weight is 522 g/mol. The number of ether oxygens (including phenoxy) is 3. The van der Waals surface area contributed by atoms with Gasteiger partial charge in [-0.25, -0.2) is 9.38 Å². The lowest BCUT2D eigenvalue weighted by Gasteiger charge is -2.32. The molecule has 190 valence electrons. The lowest BCUT2D eigenvalue weighted by atomic mass is 10.1. The van der Waals surface area contributed by atoms with Crippen molar-refractivity contribution in [3.05, 3.63) is 78.1 Å². The molecule has 1 N–H and O–H groups in total. The van der Waals surface area contributed by atoms with Crippen LogP contribution in [-0.2, 0) is 16.1 Å². The number of nitrogens with zero attached hydrogens (tertiary/aromatic N) is 2. The molecule has 0 unspecified atom stereocenters. The zero-order valence-electron chi connectivity index (χ0n) is 20.0. The molecule has 0 spiro atoms. The third-order valence-corrected chi connectivity index (χ3v) is 6.90. The van der Waals surface area contributed by atoms with Crippen molar-refractivity contribution in [2.24, 2.45) is 4.99 Å². The minimum Gasteiger partial charge on any atom is -0.494 e. The lowest BCUT2D eigenvalue weighted by molar-refractivity contribution is -0.129. The first-order valence-electron chi connectivity index (χ1n) is 11.7. The Morgan fingerprint density at radius 1 is 1.14 bits per heavy atom. The number of halogens is 1. The summed E-state index contributed by atoms with van der Waals surface area (Å²) in [4.78, 5) is 32.3. The van der Waals surface area contributed by atoms with Gasteiger partial charge in [0.25, 0.3) is 0 Å². The number of rotatable bonds is 7. The van der Waals surface area contributed by atoms with Crippen molar-refractivity contribution in [3.63, 3.8) is 0 Å². The minimum absolute atomic E-state index is 0.0334. The zero-order chi connectivity index (χ0) is 25.8. The van der Waals surface area contributed by atoms with Gasteiger partial charge >= 0.3 is 0 Å². The first-order chi connectivity index (χ1) is 18.0. The highest BCUT2D eigenvalue weighted by Crippen LogP contribution is 2.35. The Balaban J connectivity index is 1.38. The molecule has 1 fully saturated rings. The molecule has 2 aliphatic heterocycles. The number of anilines is 1. The molecule has 0 saturated carbocycles. The van der Waals surface area contributed by atoms with E-state index in [1.807, 2.05) is 13.0 Å². The van der Waals surface area contributed by atoms with Crippen molar-refractivity contribution in [2.45, 2.75) is 25.1 Å².